The third kappa shape index (κ3) is 2.85. The zero-order chi connectivity index (χ0) is 15.6. The molecule has 5 heteroatoms. The summed E-state index contributed by atoms with van der Waals surface area (Å²) in [6, 6.07) is 13.8. The van der Waals surface area contributed by atoms with Crippen molar-refractivity contribution < 1.29 is 0 Å². The van der Waals surface area contributed by atoms with Crippen LogP contribution in [0.2, 0.25) is 0 Å². The first-order chi connectivity index (χ1) is 11.3. The SMILES string of the molecule is Cc1cccc(C#Cc2ccc(-c3ccn4nccc4n3)s2)n1. The molecule has 0 atom stereocenters. The van der Waals surface area contributed by atoms with Crippen LogP contribution >= 0.6 is 11.3 Å². The van der Waals surface area contributed by atoms with Crippen LogP contribution in [0.1, 0.15) is 16.3 Å². The number of aromatic nitrogens is 4. The number of pyridine rings is 1. The van der Waals surface area contributed by atoms with Crippen molar-refractivity contribution in [3.05, 3.63) is 71.1 Å². The zero-order valence-electron chi connectivity index (χ0n) is 12.4. The van der Waals surface area contributed by atoms with E-state index in [4.69, 9.17) is 0 Å². The molecule has 0 aliphatic rings. The van der Waals surface area contributed by atoms with Crippen molar-refractivity contribution in [3.63, 3.8) is 0 Å². The second kappa shape index (κ2) is 5.67. The third-order valence-electron chi connectivity index (χ3n) is 3.32. The van der Waals surface area contributed by atoms with E-state index in [1.54, 1.807) is 22.0 Å². The summed E-state index contributed by atoms with van der Waals surface area (Å²) in [4.78, 5) is 11.1. The fraction of sp³-hybridized carbons (Fsp3) is 0.0556. The van der Waals surface area contributed by atoms with Gasteiger partial charge >= 0.3 is 0 Å². The fourth-order valence-electron chi connectivity index (χ4n) is 2.23. The van der Waals surface area contributed by atoms with Gasteiger partial charge in [0.05, 0.1) is 21.6 Å². The van der Waals surface area contributed by atoms with Gasteiger partial charge in [0.2, 0.25) is 0 Å². The maximum Gasteiger partial charge on any atom is 0.155 e. The zero-order valence-corrected chi connectivity index (χ0v) is 13.2. The summed E-state index contributed by atoms with van der Waals surface area (Å²) in [5.41, 5.74) is 3.54. The summed E-state index contributed by atoms with van der Waals surface area (Å²) < 4.78 is 1.75. The molecule has 4 aromatic heterocycles. The topological polar surface area (TPSA) is 43.1 Å². The molecule has 4 nitrogen and oxygen atoms in total. The summed E-state index contributed by atoms with van der Waals surface area (Å²) >= 11 is 1.63. The van der Waals surface area contributed by atoms with Crippen LogP contribution in [0.3, 0.4) is 0 Å². The first-order valence-electron chi connectivity index (χ1n) is 7.14. The molecule has 0 bridgehead atoms. The minimum atomic E-state index is 0.791. The van der Waals surface area contributed by atoms with E-state index in [0.29, 0.717) is 0 Å². The first kappa shape index (κ1) is 13.7. The minimum absolute atomic E-state index is 0.791. The number of hydrogen-bond donors (Lipinski definition) is 0. The van der Waals surface area contributed by atoms with Gasteiger partial charge in [0.15, 0.2) is 5.65 Å². The summed E-state index contributed by atoms with van der Waals surface area (Å²) in [7, 11) is 0. The van der Waals surface area contributed by atoms with Crippen LogP contribution in [-0.2, 0) is 0 Å². The Hall–Kier alpha value is -2.97. The van der Waals surface area contributed by atoms with E-state index in [1.165, 1.54) is 0 Å². The second-order valence-electron chi connectivity index (χ2n) is 5.02. The van der Waals surface area contributed by atoms with Gasteiger partial charge in [-0.05, 0) is 49.1 Å². The Balaban J connectivity index is 1.64. The van der Waals surface area contributed by atoms with E-state index >= 15 is 0 Å². The van der Waals surface area contributed by atoms with Gasteiger partial charge in [-0.15, -0.1) is 11.3 Å². The van der Waals surface area contributed by atoms with Gasteiger partial charge < -0.3 is 0 Å². The van der Waals surface area contributed by atoms with Crippen LogP contribution in [0, 0.1) is 18.8 Å². The number of fused-ring (bicyclic) bond motifs is 1. The molecular weight excluding hydrogens is 304 g/mol. The van der Waals surface area contributed by atoms with E-state index in [2.05, 4.69) is 26.9 Å². The molecule has 0 saturated heterocycles. The lowest BCUT2D eigenvalue weighted by atomic mass is 10.3. The molecule has 0 unspecified atom stereocenters. The molecule has 0 aliphatic heterocycles. The molecule has 4 heterocycles. The molecule has 0 N–H and O–H groups in total. The number of hydrogen-bond acceptors (Lipinski definition) is 4. The van der Waals surface area contributed by atoms with E-state index < -0.39 is 0 Å². The molecule has 0 saturated carbocycles. The minimum Gasteiger partial charge on any atom is -0.245 e. The Morgan fingerprint density at radius 3 is 2.87 bits per heavy atom. The van der Waals surface area contributed by atoms with E-state index in [1.807, 2.05) is 55.6 Å². The van der Waals surface area contributed by atoms with Crippen LogP contribution in [0.15, 0.2) is 54.9 Å². The standard InChI is InChI=1S/C18H12N4S/c1-13-3-2-4-14(20-13)5-6-15-7-8-17(23-15)16-10-12-22-18(21-16)9-11-19-22/h2-4,7-12H,1H3. The van der Waals surface area contributed by atoms with Crippen LogP contribution in [0.5, 0.6) is 0 Å². The Kier molecular flexibility index (Phi) is 3.37. The van der Waals surface area contributed by atoms with Crippen molar-refractivity contribution in [3.8, 4) is 22.4 Å². The molecule has 4 aromatic rings. The lowest BCUT2D eigenvalue weighted by molar-refractivity contribution is 0.941. The average molecular weight is 316 g/mol. The predicted molar refractivity (Wildman–Crippen MR) is 91.3 cm³/mol. The van der Waals surface area contributed by atoms with Gasteiger partial charge in [-0.3, -0.25) is 0 Å². The van der Waals surface area contributed by atoms with Crippen molar-refractivity contribution in [1.82, 2.24) is 19.6 Å². The van der Waals surface area contributed by atoms with Gasteiger partial charge in [-0.2, -0.15) is 5.10 Å². The largest absolute Gasteiger partial charge is 0.245 e. The second-order valence-corrected chi connectivity index (χ2v) is 6.11. The Morgan fingerprint density at radius 1 is 1.00 bits per heavy atom. The van der Waals surface area contributed by atoms with Crippen molar-refractivity contribution in [2.45, 2.75) is 6.92 Å². The molecule has 0 fully saturated rings. The maximum absolute atomic E-state index is 4.60. The summed E-state index contributed by atoms with van der Waals surface area (Å²) in [5.74, 6) is 6.28. The van der Waals surface area contributed by atoms with Gasteiger partial charge in [0.25, 0.3) is 0 Å². The molecule has 0 spiro atoms. The van der Waals surface area contributed by atoms with Gasteiger partial charge in [-0.25, -0.2) is 14.5 Å². The van der Waals surface area contributed by atoms with Crippen LogP contribution in [0.4, 0.5) is 0 Å². The Bertz CT molecular complexity index is 1050. The molecular formula is C18H12N4S. The smallest absolute Gasteiger partial charge is 0.155 e. The van der Waals surface area contributed by atoms with Gasteiger partial charge in [0, 0.05) is 18.0 Å². The van der Waals surface area contributed by atoms with E-state index in [0.717, 1.165) is 32.5 Å². The summed E-state index contributed by atoms with van der Waals surface area (Å²) in [6.07, 6.45) is 3.66. The highest BCUT2D eigenvalue weighted by atomic mass is 32.1. The van der Waals surface area contributed by atoms with Crippen LogP contribution in [-0.4, -0.2) is 19.6 Å². The highest BCUT2D eigenvalue weighted by Crippen LogP contribution is 2.26. The lowest BCUT2D eigenvalue weighted by Crippen LogP contribution is -1.89. The molecule has 23 heavy (non-hydrogen) atoms. The molecule has 0 aromatic carbocycles. The van der Waals surface area contributed by atoms with Crippen molar-refractivity contribution >= 4 is 17.0 Å². The Morgan fingerprint density at radius 2 is 1.96 bits per heavy atom. The van der Waals surface area contributed by atoms with Gasteiger partial charge in [-0.1, -0.05) is 6.07 Å². The summed E-state index contributed by atoms with van der Waals surface area (Å²) in [6.45, 7) is 1.96. The van der Waals surface area contributed by atoms with Crippen molar-refractivity contribution in [2.75, 3.05) is 0 Å². The molecule has 0 aliphatic carbocycles. The predicted octanol–water partition coefficient (Wildman–Crippen LogP) is 3.56. The van der Waals surface area contributed by atoms with Crippen molar-refractivity contribution in [2.24, 2.45) is 0 Å². The monoisotopic (exact) mass is 316 g/mol. The number of thiophene rings is 1. The van der Waals surface area contributed by atoms with Crippen LogP contribution < -0.4 is 0 Å². The maximum atomic E-state index is 4.60. The summed E-state index contributed by atoms with van der Waals surface area (Å²) in [5, 5.41) is 4.16. The molecule has 0 amide bonds. The van der Waals surface area contributed by atoms with Crippen molar-refractivity contribution in [1.29, 1.82) is 0 Å². The van der Waals surface area contributed by atoms with Crippen LogP contribution in [0.25, 0.3) is 16.2 Å². The Labute approximate surface area is 137 Å². The quantitative estimate of drug-likeness (QED) is 0.504. The highest BCUT2D eigenvalue weighted by Gasteiger charge is 2.04. The van der Waals surface area contributed by atoms with Gasteiger partial charge in [0.1, 0.15) is 5.69 Å². The first-order valence-corrected chi connectivity index (χ1v) is 7.96. The fourth-order valence-corrected chi connectivity index (χ4v) is 3.06. The third-order valence-corrected chi connectivity index (χ3v) is 4.34. The normalized spacial score (nSPS) is 10.5. The number of aryl methyl sites for hydroxylation is 1. The van der Waals surface area contributed by atoms with E-state index in [9.17, 15) is 0 Å². The number of rotatable bonds is 1. The average Bonchev–Trinajstić information content (AvgIpc) is 3.21. The highest BCUT2D eigenvalue weighted by molar-refractivity contribution is 7.16. The molecule has 4 rings (SSSR count). The number of nitrogens with zero attached hydrogens (tertiary/aromatic N) is 4. The van der Waals surface area contributed by atoms with E-state index in [-0.39, 0.29) is 0 Å². The molecule has 0 radical (unpaired) electrons. The molecule has 110 valence electrons. The lowest BCUT2D eigenvalue weighted by Gasteiger charge is -1.97.